The molecule has 2 saturated heterocycles. The van der Waals surface area contributed by atoms with E-state index in [1.807, 2.05) is 6.92 Å². The number of hydrogen-bond acceptors (Lipinski definition) is 5. The molecule has 0 aromatic carbocycles. The molecule has 0 aliphatic carbocycles. The topological polar surface area (TPSA) is 97.5 Å². The largest absolute Gasteiger partial charge is 0.452 e. The summed E-state index contributed by atoms with van der Waals surface area (Å²) in [5.74, 6) is 0.334. The predicted molar refractivity (Wildman–Crippen MR) is 68.6 cm³/mol. The van der Waals surface area contributed by atoms with Crippen LogP contribution in [-0.4, -0.2) is 66.3 Å². The molecule has 0 spiro atoms. The summed E-state index contributed by atoms with van der Waals surface area (Å²) >= 11 is 0. The Labute approximate surface area is 116 Å². The summed E-state index contributed by atoms with van der Waals surface area (Å²) in [4.78, 5) is 25.1. The average molecular weight is 286 g/mol. The lowest BCUT2D eigenvalue weighted by molar-refractivity contribution is -0.486. The number of hydrazone groups is 1. The highest BCUT2D eigenvalue weighted by Crippen LogP contribution is 2.22. The van der Waals surface area contributed by atoms with Gasteiger partial charge in [-0.05, 0) is 13.3 Å². The number of rotatable bonds is 3. The first kappa shape index (κ1) is 14.5. The molecule has 0 aromatic heterocycles. The molecular formula is C11H18N4O5. The monoisotopic (exact) mass is 286 g/mol. The van der Waals surface area contributed by atoms with Gasteiger partial charge in [-0.2, -0.15) is 0 Å². The van der Waals surface area contributed by atoms with E-state index in [0.29, 0.717) is 32.2 Å². The van der Waals surface area contributed by atoms with Gasteiger partial charge in [-0.3, -0.25) is 0 Å². The maximum Gasteiger partial charge on any atom is 0.416 e. The maximum absolute atomic E-state index is 11.6. The van der Waals surface area contributed by atoms with Gasteiger partial charge in [0.2, 0.25) is 0 Å². The summed E-state index contributed by atoms with van der Waals surface area (Å²) in [6.07, 6.45) is 0.472. The van der Waals surface area contributed by atoms with Crippen molar-refractivity contribution in [2.24, 2.45) is 11.0 Å². The molecule has 112 valence electrons. The Kier molecular flexibility index (Phi) is 4.38. The summed E-state index contributed by atoms with van der Waals surface area (Å²) in [7, 11) is 1.24. The van der Waals surface area contributed by atoms with Crippen molar-refractivity contribution in [3.63, 3.8) is 0 Å². The van der Waals surface area contributed by atoms with E-state index in [0.717, 1.165) is 6.42 Å². The number of guanidine groups is 1. The van der Waals surface area contributed by atoms with Crippen molar-refractivity contribution in [3.8, 4) is 0 Å². The molecule has 2 aliphatic heterocycles. The fraction of sp³-hybridized carbons (Fsp3) is 0.818. The lowest BCUT2D eigenvalue weighted by Gasteiger charge is -2.21. The lowest BCUT2D eigenvalue weighted by Crippen LogP contribution is -2.40. The number of hydrogen-bond donors (Lipinski definition) is 0. The molecule has 0 aromatic rings. The lowest BCUT2D eigenvalue weighted by atomic mass is 10.1. The first-order chi connectivity index (χ1) is 9.51. The molecule has 0 saturated carbocycles. The highest BCUT2D eigenvalue weighted by molar-refractivity contribution is 5.95. The van der Waals surface area contributed by atoms with Gasteiger partial charge in [-0.15, -0.1) is 0 Å². The standard InChI is InChI=1S/C11H18N4O5/c1-8-5-9(7-20-8)6-13-3-4-14(11(16)19-2)10(13)12-15(17)18/h8-9H,3-7H2,1-2H3. The van der Waals surface area contributed by atoms with Gasteiger partial charge < -0.3 is 14.4 Å². The van der Waals surface area contributed by atoms with Crippen LogP contribution in [-0.2, 0) is 9.47 Å². The van der Waals surface area contributed by atoms with Gasteiger partial charge >= 0.3 is 6.09 Å². The number of carbonyl (C=O) groups is 1. The molecule has 2 fully saturated rings. The summed E-state index contributed by atoms with van der Waals surface area (Å²) in [5, 5.41) is 13.2. The van der Waals surface area contributed by atoms with Gasteiger partial charge in [0.1, 0.15) is 5.10 Å². The van der Waals surface area contributed by atoms with Crippen LogP contribution < -0.4 is 0 Å². The van der Waals surface area contributed by atoms with Crippen molar-refractivity contribution in [1.82, 2.24) is 9.80 Å². The van der Waals surface area contributed by atoms with Crippen LogP contribution in [0, 0.1) is 16.0 Å². The van der Waals surface area contributed by atoms with Crippen molar-refractivity contribution in [2.45, 2.75) is 19.4 Å². The molecule has 0 bridgehead atoms. The maximum atomic E-state index is 11.6. The number of nitro groups is 1. The summed E-state index contributed by atoms with van der Waals surface area (Å²) in [6.45, 7) is 4.05. The molecule has 9 heteroatoms. The fourth-order valence-electron chi connectivity index (χ4n) is 2.58. The van der Waals surface area contributed by atoms with E-state index in [1.165, 1.54) is 12.0 Å². The van der Waals surface area contributed by atoms with Crippen molar-refractivity contribution < 1.29 is 19.3 Å². The van der Waals surface area contributed by atoms with Crippen LogP contribution >= 0.6 is 0 Å². The number of nitrogens with zero attached hydrogens (tertiary/aromatic N) is 4. The number of carbonyl (C=O) groups excluding carboxylic acids is 1. The summed E-state index contributed by atoms with van der Waals surface area (Å²) in [6, 6.07) is 0. The van der Waals surface area contributed by atoms with Gasteiger partial charge in [0.25, 0.3) is 5.96 Å². The van der Waals surface area contributed by atoms with Gasteiger partial charge in [-0.25, -0.2) is 19.8 Å². The van der Waals surface area contributed by atoms with Gasteiger partial charge in [0.05, 0.1) is 26.4 Å². The fourth-order valence-corrected chi connectivity index (χ4v) is 2.58. The van der Waals surface area contributed by atoms with Crippen LogP contribution in [0.4, 0.5) is 4.79 Å². The molecule has 2 atom stereocenters. The molecule has 0 N–H and O–H groups in total. The van der Waals surface area contributed by atoms with Crippen LogP contribution in [0.3, 0.4) is 0 Å². The SMILES string of the molecule is COC(=O)N1CCN(CC2COC(C)C2)C1=N[N+](=O)[O-]. The minimum absolute atomic E-state index is 0.0430. The van der Waals surface area contributed by atoms with E-state index >= 15 is 0 Å². The molecule has 2 aliphatic rings. The average Bonchev–Trinajstić information content (AvgIpc) is 2.96. The van der Waals surface area contributed by atoms with E-state index in [4.69, 9.17) is 4.74 Å². The Balaban J connectivity index is 2.08. The van der Waals surface area contributed by atoms with Crippen LogP contribution in [0.15, 0.2) is 5.10 Å². The third-order valence-electron chi connectivity index (χ3n) is 3.44. The molecular weight excluding hydrogens is 268 g/mol. The van der Waals surface area contributed by atoms with Gasteiger partial charge in [0.15, 0.2) is 5.03 Å². The Morgan fingerprint density at radius 3 is 2.90 bits per heavy atom. The zero-order valence-corrected chi connectivity index (χ0v) is 11.5. The predicted octanol–water partition coefficient (Wildman–Crippen LogP) is 0.343. The second kappa shape index (κ2) is 6.04. The van der Waals surface area contributed by atoms with Crippen LogP contribution in [0.5, 0.6) is 0 Å². The number of methoxy groups -OCH3 is 1. The molecule has 20 heavy (non-hydrogen) atoms. The van der Waals surface area contributed by atoms with E-state index in [2.05, 4.69) is 9.84 Å². The highest BCUT2D eigenvalue weighted by Gasteiger charge is 2.37. The van der Waals surface area contributed by atoms with E-state index < -0.39 is 11.1 Å². The second-order valence-corrected chi connectivity index (χ2v) is 4.95. The zero-order chi connectivity index (χ0) is 14.7. The van der Waals surface area contributed by atoms with Crippen molar-refractivity contribution in [3.05, 3.63) is 10.1 Å². The third-order valence-corrected chi connectivity index (χ3v) is 3.44. The molecule has 2 heterocycles. The molecule has 2 unspecified atom stereocenters. The third kappa shape index (κ3) is 3.16. The Bertz CT molecular complexity index is 427. The van der Waals surface area contributed by atoms with Crippen LogP contribution in [0.25, 0.3) is 0 Å². The Morgan fingerprint density at radius 2 is 2.35 bits per heavy atom. The van der Waals surface area contributed by atoms with E-state index in [9.17, 15) is 14.9 Å². The number of ether oxygens (including phenoxy) is 2. The molecule has 2 rings (SSSR count). The zero-order valence-electron chi connectivity index (χ0n) is 11.5. The quantitative estimate of drug-likeness (QED) is 0.548. The Morgan fingerprint density at radius 1 is 1.60 bits per heavy atom. The van der Waals surface area contributed by atoms with Crippen molar-refractivity contribution in [2.75, 3.05) is 33.4 Å². The second-order valence-electron chi connectivity index (χ2n) is 4.95. The Hall–Kier alpha value is -1.90. The first-order valence-electron chi connectivity index (χ1n) is 6.46. The summed E-state index contributed by atoms with van der Waals surface area (Å²) < 4.78 is 10.1. The molecule has 1 amide bonds. The summed E-state index contributed by atoms with van der Waals surface area (Å²) in [5.41, 5.74) is 0. The highest BCUT2D eigenvalue weighted by atomic mass is 16.7. The van der Waals surface area contributed by atoms with Gasteiger partial charge in [-0.1, -0.05) is 0 Å². The molecule has 9 nitrogen and oxygen atoms in total. The van der Waals surface area contributed by atoms with E-state index in [1.54, 1.807) is 4.90 Å². The van der Waals surface area contributed by atoms with Crippen LogP contribution in [0.1, 0.15) is 13.3 Å². The van der Waals surface area contributed by atoms with Crippen molar-refractivity contribution >= 4 is 12.1 Å². The smallest absolute Gasteiger partial charge is 0.416 e. The minimum Gasteiger partial charge on any atom is -0.452 e. The van der Waals surface area contributed by atoms with Crippen molar-refractivity contribution in [1.29, 1.82) is 0 Å². The van der Waals surface area contributed by atoms with Crippen LogP contribution in [0.2, 0.25) is 0 Å². The first-order valence-corrected chi connectivity index (χ1v) is 6.46. The van der Waals surface area contributed by atoms with Gasteiger partial charge in [0, 0.05) is 19.0 Å². The molecule has 0 radical (unpaired) electrons. The van der Waals surface area contributed by atoms with E-state index in [-0.39, 0.29) is 12.1 Å². The minimum atomic E-state index is -0.794. The number of amides is 1. The normalized spacial score (nSPS) is 28.2.